The predicted octanol–water partition coefficient (Wildman–Crippen LogP) is 1.29. The summed E-state index contributed by atoms with van der Waals surface area (Å²) >= 11 is 1.38. The maximum atomic E-state index is 11.8. The first kappa shape index (κ1) is 17.1. The summed E-state index contributed by atoms with van der Waals surface area (Å²) in [5, 5.41) is 2.69. The highest BCUT2D eigenvalue weighted by Crippen LogP contribution is 2.20. The molecule has 0 saturated heterocycles. The number of sulfonamides is 1. The van der Waals surface area contributed by atoms with Gasteiger partial charge in [0.15, 0.2) is 0 Å². The second-order valence-electron chi connectivity index (χ2n) is 4.35. The minimum absolute atomic E-state index is 0.0236. The maximum Gasteiger partial charge on any atom is 0.275 e. The average Bonchev–Trinajstić information content (AvgIpc) is 2.85. The third kappa shape index (κ3) is 4.84. The molecule has 0 saturated carbocycles. The highest BCUT2D eigenvalue weighted by atomic mass is 32.2. The van der Waals surface area contributed by atoms with E-state index in [1.165, 1.54) is 31.9 Å². The van der Waals surface area contributed by atoms with E-state index in [0.29, 0.717) is 23.8 Å². The Kier molecular flexibility index (Phi) is 6.57. The van der Waals surface area contributed by atoms with Crippen LogP contribution in [-0.4, -0.2) is 45.0 Å². The number of furan rings is 1. The first-order chi connectivity index (χ1) is 9.37. The fourth-order valence-electron chi connectivity index (χ4n) is 1.31. The Hall–Kier alpha value is -0.990. The lowest BCUT2D eigenvalue weighted by molar-refractivity contribution is -0.118. The number of amides is 1. The monoisotopic (exact) mass is 320 g/mol. The van der Waals surface area contributed by atoms with Gasteiger partial charge in [-0.3, -0.25) is 4.79 Å². The van der Waals surface area contributed by atoms with Crippen LogP contribution in [0, 0.1) is 0 Å². The van der Waals surface area contributed by atoms with Crippen LogP contribution in [0.25, 0.3) is 0 Å². The zero-order valence-electron chi connectivity index (χ0n) is 11.9. The van der Waals surface area contributed by atoms with Gasteiger partial charge in [-0.15, -0.1) is 11.8 Å². The Morgan fingerprint density at radius 3 is 2.70 bits per heavy atom. The van der Waals surface area contributed by atoms with Crippen LogP contribution in [-0.2, 0) is 20.6 Å². The van der Waals surface area contributed by atoms with Gasteiger partial charge in [-0.2, -0.15) is 0 Å². The summed E-state index contributed by atoms with van der Waals surface area (Å²) in [7, 11) is -0.634. The molecule has 0 aliphatic heterocycles. The van der Waals surface area contributed by atoms with Crippen LogP contribution in [0.2, 0.25) is 0 Å². The van der Waals surface area contributed by atoms with Crippen molar-refractivity contribution in [2.75, 3.05) is 26.4 Å². The molecule has 0 aliphatic rings. The van der Waals surface area contributed by atoms with Crippen molar-refractivity contribution < 1.29 is 17.6 Å². The quantitative estimate of drug-likeness (QED) is 0.781. The Labute approximate surface area is 124 Å². The van der Waals surface area contributed by atoms with E-state index in [0.717, 1.165) is 10.7 Å². The molecule has 0 unspecified atom stereocenters. The fourth-order valence-corrected chi connectivity index (χ4v) is 2.87. The van der Waals surface area contributed by atoms with Crippen LogP contribution in [0.3, 0.4) is 0 Å². The van der Waals surface area contributed by atoms with Crippen LogP contribution in [0.1, 0.15) is 19.1 Å². The molecular weight excluding hydrogens is 300 g/mol. The molecule has 114 valence electrons. The standard InChI is InChI=1S/C12H20N2O4S2/c1-4-7-13-11(15)9-19-8-10-5-6-12(18-10)20(16,17)14(2)3/h5-6H,4,7-9H2,1-3H3,(H,13,15). The van der Waals surface area contributed by atoms with Gasteiger partial charge in [0.05, 0.1) is 11.5 Å². The molecule has 0 spiro atoms. The predicted molar refractivity (Wildman–Crippen MR) is 79.0 cm³/mol. The van der Waals surface area contributed by atoms with Gasteiger partial charge in [0, 0.05) is 20.6 Å². The first-order valence-electron chi connectivity index (χ1n) is 6.23. The third-order valence-corrected chi connectivity index (χ3v) is 5.07. The second kappa shape index (κ2) is 7.70. The summed E-state index contributed by atoms with van der Waals surface area (Å²) in [6.07, 6.45) is 0.903. The number of rotatable bonds is 8. The Morgan fingerprint density at radius 2 is 2.10 bits per heavy atom. The molecule has 1 rings (SSSR count). The third-order valence-electron chi connectivity index (χ3n) is 2.42. The van der Waals surface area contributed by atoms with E-state index in [9.17, 15) is 13.2 Å². The van der Waals surface area contributed by atoms with Crippen molar-refractivity contribution in [3.63, 3.8) is 0 Å². The van der Waals surface area contributed by atoms with Crippen LogP contribution >= 0.6 is 11.8 Å². The van der Waals surface area contributed by atoms with Crippen LogP contribution in [0.4, 0.5) is 0 Å². The van der Waals surface area contributed by atoms with Crippen LogP contribution in [0.15, 0.2) is 21.6 Å². The van der Waals surface area contributed by atoms with Gasteiger partial charge < -0.3 is 9.73 Å². The van der Waals surface area contributed by atoms with Gasteiger partial charge >= 0.3 is 0 Å². The SMILES string of the molecule is CCCNC(=O)CSCc1ccc(S(=O)(=O)N(C)C)o1. The maximum absolute atomic E-state index is 11.8. The molecule has 1 amide bonds. The van der Waals surface area contributed by atoms with E-state index < -0.39 is 10.0 Å². The lowest BCUT2D eigenvalue weighted by Gasteiger charge is -2.07. The van der Waals surface area contributed by atoms with Crippen molar-refractivity contribution in [2.24, 2.45) is 0 Å². The van der Waals surface area contributed by atoms with E-state index in [4.69, 9.17) is 4.42 Å². The van der Waals surface area contributed by atoms with Crippen molar-refractivity contribution >= 4 is 27.7 Å². The molecule has 1 N–H and O–H groups in total. The highest BCUT2D eigenvalue weighted by molar-refractivity contribution is 7.99. The average molecular weight is 320 g/mol. The van der Waals surface area contributed by atoms with Gasteiger partial charge in [0.2, 0.25) is 11.0 Å². The van der Waals surface area contributed by atoms with Crippen LogP contribution < -0.4 is 5.32 Å². The number of nitrogens with one attached hydrogen (secondary N) is 1. The van der Waals surface area contributed by atoms with Gasteiger partial charge in [-0.25, -0.2) is 12.7 Å². The normalized spacial score (nSPS) is 11.8. The molecule has 6 nitrogen and oxygen atoms in total. The number of hydrogen-bond acceptors (Lipinski definition) is 5. The first-order valence-corrected chi connectivity index (χ1v) is 8.83. The van der Waals surface area contributed by atoms with Crippen molar-refractivity contribution in [1.29, 1.82) is 0 Å². The molecule has 1 aromatic rings. The zero-order chi connectivity index (χ0) is 15.2. The number of carbonyl (C=O) groups is 1. The van der Waals surface area contributed by atoms with E-state index in [2.05, 4.69) is 5.32 Å². The number of carbonyl (C=O) groups excluding carboxylic acids is 1. The topological polar surface area (TPSA) is 79.6 Å². The highest BCUT2D eigenvalue weighted by Gasteiger charge is 2.21. The molecular formula is C12H20N2O4S2. The molecule has 0 fully saturated rings. The zero-order valence-corrected chi connectivity index (χ0v) is 13.5. The smallest absolute Gasteiger partial charge is 0.275 e. The van der Waals surface area contributed by atoms with Gasteiger partial charge in [0.1, 0.15) is 5.76 Å². The fraction of sp³-hybridized carbons (Fsp3) is 0.583. The lowest BCUT2D eigenvalue weighted by Crippen LogP contribution is -2.25. The molecule has 0 atom stereocenters. The summed E-state index contributed by atoms with van der Waals surface area (Å²) < 4.78 is 30.0. The minimum Gasteiger partial charge on any atom is -0.447 e. The largest absolute Gasteiger partial charge is 0.447 e. The molecule has 20 heavy (non-hydrogen) atoms. The summed E-state index contributed by atoms with van der Waals surface area (Å²) in [5.74, 6) is 1.31. The van der Waals surface area contributed by atoms with Crippen LogP contribution in [0.5, 0.6) is 0 Å². The minimum atomic E-state index is -3.53. The number of nitrogens with zero attached hydrogens (tertiary/aromatic N) is 1. The van der Waals surface area contributed by atoms with Crippen molar-refractivity contribution in [1.82, 2.24) is 9.62 Å². The Morgan fingerprint density at radius 1 is 1.40 bits per heavy atom. The van der Waals surface area contributed by atoms with Gasteiger partial charge in [-0.1, -0.05) is 6.92 Å². The molecule has 0 bridgehead atoms. The molecule has 8 heteroatoms. The van der Waals surface area contributed by atoms with E-state index in [-0.39, 0.29) is 11.0 Å². The second-order valence-corrected chi connectivity index (χ2v) is 7.42. The number of hydrogen-bond donors (Lipinski definition) is 1. The molecule has 1 aromatic heterocycles. The summed E-state index contributed by atoms with van der Waals surface area (Å²) in [5.41, 5.74) is 0. The van der Waals surface area contributed by atoms with E-state index >= 15 is 0 Å². The molecule has 0 aromatic carbocycles. The molecule has 0 aliphatic carbocycles. The summed E-state index contributed by atoms with van der Waals surface area (Å²) in [4.78, 5) is 11.4. The van der Waals surface area contributed by atoms with Crippen molar-refractivity contribution in [3.8, 4) is 0 Å². The van der Waals surface area contributed by atoms with E-state index in [1.807, 2.05) is 6.92 Å². The Bertz CT molecular complexity index is 537. The number of thioether (sulfide) groups is 1. The van der Waals surface area contributed by atoms with Gasteiger partial charge in [0.25, 0.3) is 10.0 Å². The summed E-state index contributed by atoms with van der Waals surface area (Å²) in [6, 6.07) is 3.05. The van der Waals surface area contributed by atoms with E-state index in [1.54, 1.807) is 6.07 Å². The lowest BCUT2D eigenvalue weighted by atomic mass is 10.5. The molecule has 1 heterocycles. The Balaban J connectivity index is 2.48. The summed E-state index contributed by atoms with van der Waals surface area (Å²) in [6.45, 7) is 2.66. The van der Waals surface area contributed by atoms with Gasteiger partial charge in [-0.05, 0) is 18.6 Å². The van der Waals surface area contributed by atoms with Crippen molar-refractivity contribution in [3.05, 3.63) is 17.9 Å². The van der Waals surface area contributed by atoms with Crippen molar-refractivity contribution in [2.45, 2.75) is 24.2 Å². The molecule has 0 radical (unpaired) electrons.